The van der Waals surface area contributed by atoms with Gasteiger partial charge in [-0.2, -0.15) is 0 Å². The largest absolute Gasteiger partial charge is 0.710 e. The van der Waals surface area contributed by atoms with Gasteiger partial charge in [-0.25, -0.2) is 18.1 Å². The van der Waals surface area contributed by atoms with Crippen molar-refractivity contribution >= 4 is 26.6 Å². The Balaban J connectivity index is 1.76. The van der Waals surface area contributed by atoms with Crippen LogP contribution in [-0.2, 0) is 9.84 Å². The van der Waals surface area contributed by atoms with E-state index in [0.717, 1.165) is 45.7 Å². The molecule has 1 aromatic carbocycles. The lowest BCUT2D eigenvalue weighted by atomic mass is 9.83. The number of anilines is 1. The number of benzene rings is 1. The third kappa shape index (κ3) is 4.42. The summed E-state index contributed by atoms with van der Waals surface area (Å²) in [6, 6.07) is 9.35. The Labute approximate surface area is 184 Å². The summed E-state index contributed by atoms with van der Waals surface area (Å²) >= 11 is 0. The molecular weight excluding hydrogens is 410 g/mol. The van der Waals surface area contributed by atoms with Crippen molar-refractivity contribution < 1.29 is 13.1 Å². The molecule has 1 fully saturated rings. The van der Waals surface area contributed by atoms with Crippen molar-refractivity contribution in [2.75, 3.05) is 11.6 Å². The number of rotatable bonds is 6. The zero-order valence-electron chi connectivity index (χ0n) is 18.4. The van der Waals surface area contributed by atoms with Crippen molar-refractivity contribution in [1.82, 2.24) is 4.98 Å². The SMILES string of the molecule is CCC[C@H]1CC[C@@H](Nc2ccc(S(C)(=O)=O)cc2-c2cc(C)[n+]([O-])c3[nH]ccc23)CC1. The summed E-state index contributed by atoms with van der Waals surface area (Å²) in [4.78, 5) is 3.29. The summed E-state index contributed by atoms with van der Waals surface area (Å²) in [5.41, 5.74) is 3.61. The molecule has 0 radical (unpaired) electrons. The minimum absolute atomic E-state index is 0.278. The zero-order valence-corrected chi connectivity index (χ0v) is 19.3. The van der Waals surface area contributed by atoms with Crippen LogP contribution < -0.4 is 10.0 Å². The number of aromatic nitrogens is 2. The first-order valence-corrected chi connectivity index (χ1v) is 13.0. The second-order valence-corrected chi connectivity index (χ2v) is 10.9. The summed E-state index contributed by atoms with van der Waals surface area (Å²) in [7, 11) is -3.36. The van der Waals surface area contributed by atoms with Crippen molar-refractivity contribution in [2.45, 2.75) is 63.3 Å². The topological polar surface area (TPSA) is 88.9 Å². The highest BCUT2D eigenvalue weighted by molar-refractivity contribution is 7.90. The van der Waals surface area contributed by atoms with Gasteiger partial charge in [-0.05, 0) is 68.9 Å². The van der Waals surface area contributed by atoms with E-state index in [9.17, 15) is 13.6 Å². The van der Waals surface area contributed by atoms with Gasteiger partial charge in [-0.1, -0.05) is 19.8 Å². The van der Waals surface area contributed by atoms with Gasteiger partial charge in [0.1, 0.15) is 5.69 Å². The van der Waals surface area contributed by atoms with Crippen LogP contribution in [0.1, 0.15) is 51.1 Å². The average molecular weight is 442 g/mol. The minimum atomic E-state index is -3.36. The van der Waals surface area contributed by atoms with E-state index < -0.39 is 9.84 Å². The molecule has 31 heavy (non-hydrogen) atoms. The molecule has 3 aromatic rings. The van der Waals surface area contributed by atoms with E-state index in [1.165, 1.54) is 31.9 Å². The van der Waals surface area contributed by atoms with Gasteiger partial charge in [0, 0.05) is 29.1 Å². The van der Waals surface area contributed by atoms with Crippen LogP contribution in [0, 0.1) is 18.0 Å². The van der Waals surface area contributed by atoms with Crippen molar-refractivity contribution in [3.8, 4) is 11.1 Å². The van der Waals surface area contributed by atoms with Gasteiger partial charge in [-0.3, -0.25) is 0 Å². The van der Waals surface area contributed by atoms with Crippen LogP contribution in [0.4, 0.5) is 5.69 Å². The molecule has 0 spiro atoms. The van der Waals surface area contributed by atoms with Crippen LogP contribution in [0.2, 0.25) is 0 Å². The predicted octanol–water partition coefficient (Wildman–Crippen LogP) is 4.95. The number of nitrogens with zero attached hydrogens (tertiary/aromatic N) is 1. The number of nitrogens with one attached hydrogen (secondary N) is 2. The molecule has 6 nitrogen and oxygen atoms in total. The molecular formula is C24H31N3O3S. The molecule has 1 aliphatic rings. The zero-order chi connectivity index (χ0) is 22.2. The van der Waals surface area contributed by atoms with E-state index in [1.807, 2.05) is 18.2 Å². The molecule has 1 saturated carbocycles. The van der Waals surface area contributed by atoms with Crippen LogP contribution in [0.3, 0.4) is 0 Å². The van der Waals surface area contributed by atoms with Crippen LogP contribution >= 0.6 is 0 Å². The lowest BCUT2D eigenvalue weighted by Gasteiger charge is -2.30. The Morgan fingerprint density at radius 3 is 2.55 bits per heavy atom. The maximum absolute atomic E-state index is 12.5. The van der Waals surface area contributed by atoms with E-state index in [0.29, 0.717) is 17.4 Å². The van der Waals surface area contributed by atoms with E-state index in [2.05, 4.69) is 17.2 Å². The number of hydrogen-bond acceptors (Lipinski definition) is 4. The molecule has 0 saturated heterocycles. The van der Waals surface area contributed by atoms with Gasteiger partial charge in [0.2, 0.25) is 0 Å². The molecule has 7 heteroatoms. The number of aryl methyl sites for hydroxylation is 1. The molecule has 2 heterocycles. The smallest absolute Gasteiger partial charge is 0.290 e. The fourth-order valence-corrected chi connectivity index (χ4v) is 5.46. The number of aromatic amines is 1. The maximum Gasteiger partial charge on any atom is 0.290 e. The normalized spacial score (nSPS) is 19.6. The summed E-state index contributed by atoms with van der Waals surface area (Å²) in [6.07, 6.45) is 10.2. The third-order valence-electron chi connectivity index (χ3n) is 6.50. The molecule has 0 amide bonds. The Morgan fingerprint density at radius 2 is 1.87 bits per heavy atom. The number of H-pyrrole nitrogens is 1. The fourth-order valence-electron chi connectivity index (χ4n) is 4.82. The fraction of sp³-hybridized carbons (Fsp3) is 0.458. The van der Waals surface area contributed by atoms with E-state index in [-0.39, 0.29) is 4.90 Å². The van der Waals surface area contributed by atoms with E-state index in [1.54, 1.807) is 25.3 Å². The number of pyridine rings is 1. The maximum atomic E-state index is 12.5. The second-order valence-electron chi connectivity index (χ2n) is 8.86. The summed E-state index contributed by atoms with van der Waals surface area (Å²) < 4.78 is 25.4. The summed E-state index contributed by atoms with van der Waals surface area (Å²) in [5, 5.41) is 16.9. The number of hydrogen-bond donors (Lipinski definition) is 2. The van der Waals surface area contributed by atoms with Gasteiger partial charge in [-0.15, -0.1) is 0 Å². The highest BCUT2D eigenvalue weighted by Crippen LogP contribution is 2.37. The summed E-state index contributed by atoms with van der Waals surface area (Å²) in [6.45, 7) is 4.01. The number of fused-ring (bicyclic) bond motifs is 1. The average Bonchev–Trinajstić information content (AvgIpc) is 3.22. The minimum Gasteiger partial charge on any atom is -0.710 e. The Kier molecular flexibility index (Phi) is 5.97. The number of sulfone groups is 1. The third-order valence-corrected chi connectivity index (χ3v) is 7.61. The van der Waals surface area contributed by atoms with Crippen molar-refractivity contribution in [2.24, 2.45) is 5.92 Å². The first-order chi connectivity index (χ1) is 14.8. The first kappa shape index (κ1) is 21.7. The Bertz CT molecular complexity index is 1190. The van der Waals surface area contributed by atoms with Crippen molar-refractivity contribution in [3.63, 3.8) is 0 Å². The van der Waals surface area contributed by atoms with Crippen LogP contribution in [0.15, 0.2) is 41.4 Å². The molecule has 0 aliphatic heterocycles. The van der Waals surface area contributed by atoms with E-state index in [4.69, 9.17) is 0 Å². The van der Waals surface area contributed by atoms with E-state index >= 15 is 0 Å². The van der Waals surface area contributed by atoms with Gasteiger partial charge in [0.15, 0.2) is 9.84 Å². The van der Waals surface area contributed by atoms with Crippen molar-refractivity contribution in [1.29, 1.82) is 0 Å². The molecule has 2 N–H and O–H groups in total. The van der Waals surface area contributed by atoms with Crippen molar-refractivity contribution in [3.05, 3.63) is 47.4 Å². The molecule has 0 unspecified atom stereocenters. The molecule has 4 rings (SSSR count). The summed E-state index contributed by atoms with van der Waals surface area (Å²) in [5.74, 6) is 0.818. The first-order valence-electron chi connectivity index (χ1n) is 11.1. The molecule has 1 aliphatic carbocycles. The highest BCUT2D eigenvalue weighted by Gasteiger charge is 2.23. The predicted molar refractivity (Wildman–Crippen MR) is 125 cm³/mol. The standard InChI is InChI=1S/C24H31N3O3S/c1-4-5-17-6-8-18(9-7-17)26-23-11-10-19(31(3,29)30)15-22(23)21-14-16(2)27(28)24-20(21)12-13-25-24/h10-15,17-18,25-26H,4-9H2,1-3H3/t17-,18+. The molecule has 0 atom stereocenters. The lowest BCUT2D eigenvalue weighted by Crippen LogP contribution is -2.31. The lowest BCUT2D eigenvalue weighted by molar-refractivity contribution is -0.586. The van der Waals surface area contributed by atoms with Gasteiger partial charge >= 0.3 is 0 Å². The second kappa shape index (κ2) is 8.54. The molecule has 2 aromatic heterocycles. The van der Waals surface area contributed by atoms with Crippen LogP contribution in [-0.4, -0.2) is 25.7 Å². The molecule has 166 valence electrons. The van der Waals surface area contributed by atoms with Crippen LogP contribution in [0.25, 0.3) is 22.2 Å². The monoisotopic (exact) mass is 441 g/mol. The Hall–Kier alpha value is -2.54. The van der Waals surface area contributed by atoms with Gasteiger partial charge in [0.05, 0.1) is 16.5 Å². The quantitative estimate of drug-likeness (QED) is 0.418. The van der Waals surface area contributed by atoms with Crippen LogP contribution in [0.5, 0.6) is 0 Å². The Morgan fingerprint density at radius 1 is 1.13 bits per heavy atom. The van der Waals surface area contributed by atoms with Gasteiger partial charge in [0.25, 0.3) is 5.65 Å². The highest BCUT2D eigenvalue weighted by atomic mass is 32.2. The van der Waals surface area contributed by atoms with Gasteiger partial charge < -0.3 is 10.5 Å². The molecule has 0 bridgehead atoms.